The van der Waals surface area contributed by atoms with Gasteiger partial charge in [-0.1, -0.05) is 18.2 Å². The van der Waals surface area contributed by atoms with Crippen LogP contribution in [0.4, 0.5) is 0 Å². The summed E-state index contributed by atoms with van der Waals surface area (Å²) in [5, 5.41) is 8.89. The van der Waals surface area contributed by atoms with E-state index in [4.69, 9.17) is 0 Å². The molecule has 0 amide bonds. The van der Waals surface area contributed by atoms with E-state index in [2.05, 4.69) is 52.1 Å². The zero-order chi connectivity index (χ0) is 13.6. The SMILES string of the molecule is c1ccc(-n2ccc(CNCC3CSCCS3)n2)cc1. The minimum absolute atomic E-state index is 0.755. The highest BCUT2D eigenvalue weighted by atomic mass is 32.2. The highest BCUT2D eigenvalue weighted by molar-refractivity contribution is 8.06. The summed E-state index contributed by atoms with van der Waals surface area (Å²) in [7, 11) is 0. The lowest BCUT2D eigenvalue weighted by molar-refractivity contribution is 0.665. The zero-order valence-electron chi connectivity index (χ0n) is 11.4. The van der Waals surface area contributed by atoms with Gasteiger partial charge in [-0.25, -0.2) is 4.68 Å². The molecule has 106 valence electrons. The van der Waals surface area contributed by atoms with Crippen LogP contribution in [-0.2, 0) is 6.54 Å². The van der Waals surface area contributed by atoms with Crippen molar-refractivity contribution in [2.75, 3.05) is 23.8 Å². The third-order valence-corrected chi connectivity index (χ3v) is 6.07. The van der Waals surface area contributed by atoms with Gasteiger partial charge in [-0.2, -0.15) is 28.6 Å². The molecular formula is C15H19N3S2. The third kappa shape index (κ3) is 3.81. The van der Waals surface area contributed by atoms with Crippen molar-refractivity contribution in [3.8, 4) is 5.69 Å². The van der Waals surface area contributed by atoms with Crippen molar-refractivity contribution in [1.29, 1.82) is 0 Å². The maximum absolute atomic E-state index is 4.61. The van der Waals surface area contributed by atoms with E-state index in [0.29, 0.717) is 0 Å². The third-order valence-electron chi connectivity index (χ3n) is 3.23. The van der Waals surface area contributed by atoms with Crippen molar-refractivity contribution in [3.63, 3.8) is 0 Å². The van der Waals surface area contributed by atoms with Gasteiger partial charge in [-0.15, -0.1) is 0 Å². The molecule has 3 nitrogen and oxygen atoms in total. The largest absolute Gasteiger partial charge is 0.310 e. The summed E-state index contributed by atoms with van der Waals surface area (Å²) >= 11 is 4.16. The minimum Gasteiger partial charge on any atom is -0.310 e. The number of hydrogen-bond acceptors (Lipinski definition) is 4. The molecule has 2 heterocycles. The molecule has 3 rings (SSSR count). The van der Waals surface area contributed by atoms with E-state index in [9.17, 15) is 0 Å². The molecule has 1 aromatic carbocycles. The molecule has 0 radical (unpaired) electrons. The molecule has 2 aromatic rings. The topological polar surface area (TPSA) is 29.9 Å². The first-order valence-electron chi connectivity index (χ1n) is 6.92. The Morgan fingerprint density at radius 2 is 2.10 bits per heavy atom. The van der Waals surface area contributed by atoms with E-state index in [1.54, 1.807) is 0 Å². The van der Waals surface area contributed by atoms with Crippen molar-refractivity contribution < 1.29 is 0 Å². The summed E-state index contributed by atoms with van der Waals surface area (Å²) in [4.78, 5) is 0. The van der Waals surface area contributed by atoms with E-state index in [0.717, 1.165) is 29.7 Å². The fourth-order valence-electron chi connectivity index (χ4n) is 2.20. The number of thioether (sulfide) groups is 2. The molecule has 5 heteroatoms. The fourth-order valence-corrected chi connectivity index (χ4v) is 4.84. The molecule has 1 aromatic heterocycles. The van der Waals surface area contributed by atoms with Crippen LogP contribution in [-0.4, -0.2) is 38.8 Å². The second-order valence-electron chi connectivity index (χ2n) is 4.79. The Bertz CT molecular complexity index is 521. The zero-order valence-corrected chi connectivity index (χ0v) is 13.0. The smallest absolute Gasteiger partial charge is 0.0766 e. The summed E-state index contributed by atoms with van der Waals surface area (Å²) < 4.78 is 1.93. The van der Waals surface area contributed by atoms with Crippen LogP contribution in [0.3, 0.4) is 0 Å². The van der Waals surface area contributed by atoms with Gasteiger partial charge in [0.05, 0.1) is 11.4 Å². The number of benzene rings is 1. The van der Waals surface area contributed by atoms with Crippen LogP contribution in [0.25, 0.3) is 5.69 Å². The van der Waals surface area contributed by atoms with Gasteiger partial charge in [0, 0.05) is 41.8 Å². The lowest BCUT2D eigenvalue weighted by Gasteiger charge is -2.20. The summed E-state index contributed by atoms with van der Waals surface area (Å²) in [6.45, 7) is 1.93. The van der Waals surface area contributed by atoms with Crippen LogP contribution in [0.5, 0.6) is 0 Å². The van der Waals surface area contributed by atoms with Crippen LogP contribution in [0, 0.1) is 0 Å². The van der Waals surface area contributed by atoms with Crippen LogP contribution < -0.4 is 5.32 Å². The standard InChI is InChI=1S/C15H19N3S2/c1-2-4-14(5-3-1)18-7-6-13(17-18)10-16-11-15-12-19-8-9-20-15/h1-7,15-16H,8-12H2. The molecule has 0 bridgehead atoms. The summed E-state index contributed by atoms with van der Waals surface area (Å²) in [5.41, 5.74) is 2.21. The maximum atomic E-state index is 4.61. The quantitative estimate of drug-likeness (QED) is 0.920. The first kappa shape index (κ1) is 14.0. The molecule has 0 spiro atoms. The van der Waals surface area contributed by atoms with Gasteiger partial charge in [0.15, 0.2) is 0 Å². The molecule has 1 saturated heterocycles. The Kier molecular flexibility index (Phi) is 5.06. The number of nitrogens with one attached hydrogen (secondary N) is 1. The molecule has 1 unspecified atom stereocenters. The monoisotopic (exact) mass is 305 g/mol. The Morgan fingerprint density at radius 3 is 2.90 bits per heavy atom. The highest BCUT2D eigenvalue weighted by Gasteiger charge is 2.13. The number of para-hydroxylation sites is 1. The summed E-state index contributed by atoms with van der Waals surface area (Å²) in [6, 6.07) is 12.3. The van der Waals surface area contributed by atoms with Crippen LogP contribution in [0.15, 0.2) is 42.6 Å². The van der Waals surface area contributed by atoms with Crippen LogP contribution >= 0.6 is 23.5 Å². The predicted molar refractivity (Wildman–Crippen MR) is 88.8 cm³/mol. The van der Waals surface area contributed by atoms with Crippen LogP contribution in [0.1, 0.15) is 5.69 Å². The van der Waals surface area contributed by atoms with Crippen molar-refractivity contribution in [1.82, 2.24) is 15.1 Å². The van der Waals surface area contributed by atoms with Gasteiger partial charge < -0.3 is 5.32 Å². The highest BCUT2D eigenvalue weighted by Crippen LogP contribution is 2.23. The first-order chi connectivity index (χ1) is 9.92. The molecule has 0 aliphatic carbocycles. The van der Waals surface area contributed by atoms with E-state index in [1.165, 1.54) is 17.3 Å². The molecule has 0 saturated carbocycles. The second-order valence-corrected chi connectivity index (χ2v) is 7.34. The molecule has 1 fully saturated rings. The number of hydrogen-bond donors (Lipinski definition) is 1. The Labute approximate surface area is 128 Å². The normalized spacial score (nSPS) is 19.1. The molecular weight excluding hydrogens is 286 g/mol. The lowest BCUT2D eigenvalue weighted by Crippen LogP contribution is -2.28. The number of rotatable bonds is 5. The number of nitrogens with zero attached hydrogens (tertiary/aromatic N) is 2. The Hall–Kier alpha value is -0.910. The fraction of sp³-hybridized carbons (Fsp3) is 0.400. The first-order valence-corrected chi connectivity index (χ1v) is 9.12. The minimum atomic E-state index is 0.755. The predicted octanol–water partition coefficient (Wildman–Crippen LogP) is 2.81. The van der Waals surface area contributed by atoms with E-state index in [1.807, 2.05) is 29.1 Å². The van der Waals surface area contributed by atoms with Gasteiger partial charge in [-0.3, -0.25) is 0 Å². The molecule has 20 heavy (non-hydrogen) atoms. The van der Waals surface area contributed by atoms with Crippen molar-refractivity contribution >= 4 is 23.5 Å². The summed E-state index contributed by atoms with van der Waals surface area (Å²) in [6.07, 6.45) is 2.03. The molecule has 1 aliphatic rings. The van der Waals surface area contributed by atoms with Crippen molar-refractivity contribution in [2.45, 2.75) is 11.8 Å². The van der Waals surface area contributed by atoms with E-state index >= 15 is 0 Å². The van der Waals surface area contributed by atoms with Gasteiger partial charge in [-0.05, 0) is 18.2 Å². The van der Waals surface area contributed by atoms with Gasteiger partial charge >= 0.3 is 0 Å². The van der Waals surface area contributed by atoms with Gasteiger partial charge in [0.25, 0.3) is 0 Å². The van der Waals surface area contributed by atoms with Crippen molar-refractivity contribution in [3.05, 3.63) is 48.3 Å². The molecule has 1 aliphatic heterocycles. The average Bonchev–Trinajstić information content (AvgIpc) is 2.98. The summed E-state index contributed by atoms with van der Waals surface area (Å²) in [5.74, 6) is 3.87. The molecule has 1 atom stereocenters. The number of aromatic nitrogens is 2. The van der Waals surface area contributed by atoms with E-state index < -0.39 is 0 Å². The lowest BCUT2D eigenvalue weighted by atomic mass is 10.3. The molecule has 1 N–H and O–H groups in total. The van der Waals surface area contributed by atoms with Crippen LogP contribution in [0.2, 0.25) is 0 Å². The average molecular weight is 305 g/mol. The van der Waals surface area contributed by atoms with Gasteiger partial charge in [0.2, 0.25) is 0 Å². The van der Waals surface area contributed by atoms with E-state index in [-0.39, 0.29) is 0 Å². The Morgan fingerprint density at radius 1 is 1.20 bits per heavy atom. The second kappa shape index (κ2) is 7.20. The van der Waals surface area contributed by atoms with Gasteiger partial charge in [0.1, 0.15) is 0 Å². The Balaban J connectivity index is 1.50. The maximum Gasteiger partial charge on any atom is 0.0766 e. The van der Waals surface area contributed by atoms with Crippen molar-refractivity contribution in [2.24, 2.45) is 0 Å².